The van der Waals surface area contributed by atoms with E-state index in [9.17, 15) is 14.9 Å². The van der Waals surface area contributed by atoms with E-state index in [-0.39, 0.29) is 5.91 Å². The summed E-state index contributed by atoms with van der Waals surface area (Å²) in [5.41, 5.74) is 4.41. The molecule has 1 atom stereocenters. The molecular formula is C13H22N4O2. The Bertz CT molecular complexity index is 385. The third-order valence-electron chi connectivity index (χ3n) is 3.82. The monoisotopic (exact) mass is 266 g/mol. The molecule has 1 fully saturated rings. The number of nitriles is 1. The van der Waals surface area contributed by atoms with Gasteiger partial charge in [0.2, 0.25) is 5.91 Å². The molecule has 3 amide bonds. The number of amides is 3. The molecule has 106 valence electrons. The van der Waals surface area contributed by atoms with Crippen molar-refractivity contribution in [2.75, 3.05) is 7.05 Å². The van der Waals surface area contributed by atoms with E-state index < -0.39 is 17.6 Å². The predicted octanol–water partition coefficient (Wildman–Crippen LogP) is 1.12. The Kier molecular flexibility index (Phi) is 5.16. The van der Waals surface area contributed by atoms with Crippen LogP contribution in [0.1, 0.15) is 45.4 Å². The van der Waals surface area contributed by atoms with Gasteiger partial charge in [0.15, 0.2) is 0 Å². The number of unbranched alkanes of at least 4 members (excludes halogenated alkanes) is 1. The molecule has 6 nitrogen and oxygen atoms in total. The van der Waals surface area contributed by atoms with E-state index in [1.807, 2.05) is 6.92 Å². The van der Waals surface area contributed by atoms with Crippen molar-refractivity contribution in [3.8, 4) is 6.07 Å². The van der Waals surface area contributed by atoms with Crippen molar-refractivity contribution >= 4 is 11.9 Å². The van der Waals surface area contributed by atoms with E-state index in [2.05, 4.69) is 11.4 Å². The number of urea groups is 1. The van der Waals surface area contributed by atoms with Gasteiger partial charge in [-0.1, -0.05) is 19.8 Å². The number of hydrogen-bond acceptors (Lipinski definition) is 3. The molecular weight excluding hydrogens is 244 g/mol. The maximum Gasteiger partial charge on any atom is 0.312 e. The second kappa shape index (κ2) is 6.41. The van der Waals surface area contributed by atoms with Crippen molar-refractivity contribution in [3.63, 3.8) is 0 Å². The molecule has 0 radical (unpaired) electrons. The van der Waals surface area contributed by atoms with Gasteiger partial charge in [0.05, 0.1) is 6.07 Å². The summed E-state index contributed by atoms with van der Waals surface area (Å²) in [5, 5.41) is 11.7. The molecule has 3 N–H and O–H groups in total. The average Bonchev–Trinajstić information content (AvgIpc) is 2.32. The zero-order valence-electron chi connectivity index (χ0n) is 11.6. The number of carbonyl (C=O) groups excluding carboxylic acids is 2. The number of primary amides is 1. The SMILES string of the molecule is CCCCC(NC(N)=O)C(=O)N(C)C1(C#N)CCC1. The van der Waals surface area contributed by atoms with E-state index >= 15 is 0 Å². The van der Waals surface area contributed by atoms with Crippen molar-refractivity contribution in [1.82, 2.24) is 10.2 Å². The van der Waals surface area contributed by atoms with E-state index in [0.29, 0.717) is 19.3 Å². The van der Waals surface area contributed by atoms with Crippen LogP contribution in [0, 0.1) is 11.3 Å². The second-order valence-electron chi connectivity index (χ2n) is 5.10. The molecule has 1 unspecified atom stereocenters. The quantitative estimate of drug-likeness (QED) is 0.753. The molecule has 0 aromatic heterocycles. The normalized spacial score (nSPS) is 17.7. The van der Waals surface area contributed by atoms with Crippen LogP contribution in [0.2, 0.25) is 0 Å². The van der Waals surface area contributed by atoms with Gasteiger partial charge in [-0.2, -0.15) is 5.26 Å². The lowest BCUT2D eigenvalue weighted by Gasteiger charge is -2.44. The predicted molar refractivity (Wildman–Crippen MR) is 71.0 cm³/mol. The maximum absolute atomic E-state index is 12.4. The van der Waals surface area contributed by atoms with E-state index in [1.54, 1.807) is 7.05 Å². The van der Waals surface area contributed by atoms with Gasteiger partial charge in [0, 0.05) is 7.05 Å². The van der Waals surface area contributed by atoms with Crippen molar-refractivity contribution in [2.45, 2.75) is 57.0 Å². The minimum absolute atomic E-state index is 0.228. The molecule has 0 aromatic carbocycles. The topological polar surface area (TPSA) is 99.2 Å². The number of hydrogen-bond donors (Lipinski definition) is 2. The van der Waals surface area contributed by atoms with Crippen LogP contribution in [0.4, 0.5) is 4.79 Å². The average molecular weight is 266 g/mol. The molecule has 0 aliphatic heterocycles. The third-order valence-corrected chi connectivity index (χ3v) is 3.82. The molecule has 0 spiro atoms. The van der Waals surface area contributed by atoms with Crippen molar-refractivity contribution in [1.29, 1.82) is 5.26 Å². The van der Waals surface area contributed by atoms with Crippen LogP contribution in [0.25, 0.3) is 0 Å². The largest absolute Gasteiger partial charge is 0.352 e. The number of nitrogens with zero attached hydrogens (tertiary/aromatic N) is 2. The summed E-state index contributed by atoms with van der Waals surface area (Å²) in [6, 6.07) is 0.884. The van der Waals surface area contributed by atoms with Crippen LogP contribution >= 0.6 is 0 Å². The van der Waals surface area contributed by atoms with E-state index in [1.165, 1.54) is 4.90 Å². The van der Waals surface area contributed by atoms with Crippen molar-refractivity contribution in [2.24, 2.45) is 5.73 Å². The summed E-state index contributed by atoms with van der Waals surface area (Å²) in [5.74, 6) is -0.228. The highest BCUT2D eigenvalue weighted by atomic mass is 16.2. The number of nitrogens with one attached hydrogen (secondary N) is 1. The van der Waals surface area contributed by atoms with Crippen LogP contribution in [-0.2, 0) is 4.79 Å². The number of nitrogens with two attached hydrogens (primary N) is 1. The second-order valence-corrected chi connectivity index (χ2v) is 5.10. The van der Waals surface area contributed by atoms with Gasteiger partial charge in [-0.15, -0.1) is 0 Å². The van der Waals surface area contributed by atoms with Crippen LogP contribution < -0.4 is 11.1 Å². The zero-order valence-corrected chi connectivity index (χ0v) is 11.6. The Hall–Kier alpha value is -1.77. The Labute approximate surface area is 113 Å². The molecule has 1 aliphatic carbocycles. The lowest BCUT2D eigenvalue weighted by atomic mass is 9.76. The van der Waals surface area contributed by atoms with E-state index in [4.69, 9.17) is 5.73 Å². The van der Waals surface area contributed by atoms with Gasteiger partial charge in [0.25, 0.3) is 0 Å². The molecule has 19 heavy (non-hydrogen) atoms. The zero-order chi connectivity index (χ0) is 14.5. The molecule has 1 saturated carbocycles. The van der Waals surface area contributed by atoms with Crippen LogP contribution in [0.5, 0.6) is 0 Å². The minimum atomic E-state index is -0.706. The Morgan fingerprint density at radius 1 is 1.53 bits per heavy atom. The molecule has 6 heteroatoms. The fraction of sp³-hybridized carbons (Fsp3) is 0.769. The van der Waals surface area contributed by atoms with Gasteiger partial charge in [0.1, 0.15) is 11.6 Å². The Morgan fingerprint density at radius 2 is 2.16 bits per heavy atom. The number of likely N-dealkylation sites (N-methyl/N-ethyl adjacent to an activating group) is 1. The van der Waals surface area contributed by atoms with Gasteiger partial charge >= 0.3 is 6.03 Å². The molecule has 1 aliphatic rings. The molecule has 0 aromatic rings. The summed E-state index contributed by atoms with van der Waals surface area (Å²) in [6.07, 6.45) is 4.64. The summed E-state index contributed by atoms with van der Waals surface area (Å²) in [7, 11) is 1.63. The minimum Gasteiger partial charge on any atom is -0.352 e. The molecule has 0 bridgehead atoms. The van der Waals surface area contributed by atoms with Gasteiger partial charge < -0.3 is 16.0 Å². The summed E-state index contributed by atoms with van der Waals surface area (Å²) in [4.78, 5) is 24.8. The summed E-state index contributed by atoms with van der Waals surface area (Å²) < 4.78 is 0. The smallest absolute Gasteiger partial charge is 0.312 e. The lowest BCUT2D eigenvalue weighted by Crippen LogP contribution is -2.59. The molecule has 0 heterocycles. The van der Waals surface area contributed by atoms with Gasteiger partial charge in [-0.25, -0.2) is 4.79 Å². The standard InChI is InChI=1S/C13H22N4O2/c1-3-4-6-10(16-12(15)19)11(18)17(2)13(9-14)7-5-8-13/h10H,3-8H2,1-2H3,(H3,15,16,19). The first kappa shape index (κ1) is 15.3. The first-order chi connectivity index (χ1) is 8.96. The third kappa shape index (κ3) is 3.37. The maximum atomic E-state index is 12.4. The molecule has 0 saturated heterocycles. The summed E-state index contributed by atoms with van der Waals surface area (Å²) >= 11 is 0. The lowest BCUT2D eigenvalue weighted by molar-refractivity contribution is -0.138. The van der Waals surface area contributed by atoms with Crippen molar-refractivity contribution < 1.29 is 9.59 Å². The molecule has 1 rings (SSSR count). The highest BCUT2D eigenvalue weighted by Gasteiger charge is 2.44. The van der Waals surface area contributed by atoms with Crippen LogP contribution in [-0.4, -0.2) is 35.5 Å². The fourth-order valence-electron chi connectivity index (χ4n) is 2.32. The number of carbonyl (C=O) groups is 2. The highest BCUT2D eigenvalue weighted by molar-refractivity contribution is 5.87. The highest BCUT2D eigenvalue weighted by Crippen LogP contribution is 2.36. The first-order valence-corrected chi connectivity index (χ1v) is 6.71. The van der Waals surface area contributed by atoms with Crippen LogP contribution in [0.15, 0.2) is 0 Å². The Balaban J connectivity index is 2.74. The Morgan fingerprint density at radius 3 is 2.53 bits per heavy atom. The van der Waals surface area contributed by atoms with E-state index in [0.717, 1.165) is 19.3 Å². The fourth-order valence-corrected chi connectivity index (χ4v) is 2.32. The number of rotatable bonds is 6. The van der Waals surface area contributed by atoms with Gasteiger partial charge in [-0.05, 0) is 25.7 Å². The van der Waals surface area contributed by atoms with Crippen molar-refractivity contribution in [3.05, 3.63) is 0 Å². The van der Waals surface area contributed by atoms with Crippen LogP contribution in [0.3, 0.4) is 0 Å². The summed E-state index contributed by atoms with van der Waals surface area (Å²) in [6.45, 7) is 2.01. The van der Waals surface area contributed by atoms with Gasteiger partial charge in [-0.3, -0.25) is 4.79 Å². The first-order valence-electron chi connectivity index (χ1n) is 6.71.